The van der Waals surface area contributed by atoms with E-state index in [0.29, 0.717) is 17.4 Å². The van der Waals surface area contributed by atoms with Crippen molar-refractivity contribution in [2.24, 2.45) is 0 Å². The first-order valence-electron chi connectivity index (χ1n) is 6.19. The summed E-state index contributed by atoms with van der Waals surface area (Å²) in [7, 11) is 1.35. The maximum Gasteiger partial charge on any atom is 0.416 e. The molecule has 5 heteroatoms. The third-order valence-electron chi connectivity index (χ3n) is 3.33. The van der Waals surface area contributed by atoms with E-state index in [0.717, 1.165) is 12.1 Å². The van der Waals surface area contributed by atoms with E-state index in [-0.39, 0.29) is 0 Å². The van der Waals surface area contributed by atoms with Crippen molar-refractivity contribution in [2.45, 2.75) is 11.8 Å². The van der Waals surface area contributed by atoms with Crippen LogP contribution >= 0.6 is 0 Å². The standard InChI is InChI=1S/C16H13F3O2/c1-21-15(11-20,12-5-3-2-4-6-12)13-7-9-14(10-8-13)16(17,18)19/h2-11H,1H3. The summed E-state index contributed by atoms with van der Waals surface area (Å²) in [5.74, 6) is 0. The van der Waals surface area contributed by atoms with E-state index in [1.54, 1.807) is 30.3 Å². The molecule has 0 aliphatic heterocycles. The van der Waals surface area contributed by atoms with Crippen LogP contribution in [0.4, 0.5) is 13.2 Å². The van der Waals surface area contributed by atoms with Crippen LogP contribution in [-0.2, 0) is 21.3 Å². The molecule has 2 nitrogen and oxygen atoms in total. The van der Waals surface area contributed by atoms with Crippen LogP contribution in [0.2, 0.25) is 0 Å². The first kappa shape index (κ1) is 15.3. The van der Waals surface area contributed by atoms with E-state index in [1.807, 2.05) is 0 Å². The monoisotopic (exact) mass is 294 g/mol. The molecule has 0 saturated carbocycles. The van der Waals surface area contributed by atoms with Crippen molar-refractivity contribution in [1.29, 1.82) is 0 Å². The normalized spacial score (nSPS) is 14.5. The summed E-state index contributed by atoms with van der Waals surface area (Å²) >= 11 is 0. The number of benzene rings is 2. The Morgan fingerprint density at radius 3 is 1.76 bits per heavy atom. The van der Waals surface area contributed by atoms with Gasteiger partial charge in [-0.3, -0.25) is 4.79 Å². The third-order valence-corrected chi connectivity index (χ3v) is 3.33. The van der Waals surface area contributed by atoms with Crippen LogP contribution in [-0.4, -0.2) is 13.4 Å². The quantitative estimate of drug-likeness (QED) is 0.802. The van der Waals surface area contributed by atoms with Gasteiger partial charge in [-0.1, -0.05) is 42.5 Å². The second kappa shape index (κ2) is 5.69. The molecule has 2 rings (SSSR count). The number of aldehydes is 1. The van der Waals surface area contributed by atoms with Crippen molar-refractivity contribution < 1.29 is 22.7 Å². The van der Waals surface area contributed by atoms with Crippen LogP contribution in [0, 0.1) is 0 Å². The fourth-order valence-electron chi connectivity index (χ4n) is 2.18. The number of carbonyl (C=O) groups excluding carboxylic acids is 1. The van der Waals surface area contributed by atoms with Crippen molar-refractivity contribution in [3.8, 4) is 0 Å². The lowest BCUT2D eigenvalue weighted by molar-refractivity contribution is -0.137. The average molecular weight is 294 g/mol. The summed E-state index contributed by atoms with van der Waals surface area (Å²) in [6, 6.07) is 13.0. The number of carbonyl (C=O) groups is 1. The van der Waals surface area contributed by atoms with Crippen LogP contribution in [0.1, 0.15) is 16.7 Å². The number of alkyl halides is 3. The molecular weight excluding hydrogens is 281 g/mol. The molecule has 1 unspecified atom stereocenters. The van der Waals surface area contributed by atoms with Gasteiger partial charge in [-0.2, -0.15) is 13.2 Å². The van der Waals surface area contributed by atoms with Crippen LogP contribution < -0.4 is 0 Å². The molecule has 0 aromatic heterocycles. The van der Waals surface area contributed by atoms with E-state index < -0.39 is 17.3 Å². The molecule has 0 fully saturated rings. The van der Waals surface area contributed by atoms with Gasteiger partial charge in [0.15, 0.2) is 11.9 Å². The van der Waals surface area contributed by atoms with Crippen molar-refractivity contribution >= 4 is 6.29 Å². The molecule has 0 N–H and O–H groups in total. The number of rotatable bonds is 4. The number of ether oxygens (including phenoxy) is 1. The van der Waals surface area contributed by atoms with E-state index >= 15 is 0 Å². The lowest BCUT2D eigenvalue weighted by atomic mass is 9.87. The molecule has 110 valence electrons. The highest BCUT2D eigenvalue weighted by atomic mass is 19.4. The molecule has 2 aromatic rings. The molecule has 0 spiro atoms. The van der Waals surface area contributed by atoms with Gasteiger partial charge in [-0.15, -0.1) is 0 Å². The van der Waals surface area contributed by atoms with Crippen molar-refractivity contribution in [3.63, 3.8) is 0 Å². The lowest BCUT2D eigenvalue weighted by Crippen LogP contribution is -2.31. The summed E-state index contributed by atoms with van der Waals surface area (Å²) in [6.45, 7) is 0. The molecule has 2 aromatic carbocycles. The fourth-order valence-corrected chi connectivity index (χ4v) is 2.18. The minimum absolute atomic E-state index is 0.346. The zero-order chi connectivity index (χ0) is 15.5. The van der Waals surface area contributed by atoms with Crippen LogP contribution in [0.5, 0.6) is 0 Å². The Balaban J connectivity index is 2.51. The lowest BCUT2D eigenvalue weighted by Gasteiger charge is -2.28. The van der Waals surface area contributed by atoms with Crippen LogP contribution in [0.3, 0.4) is 0 Å². The molecule has 0 heterocycles. The first-order valence-corrected chi connectivity index (χ1v) is 6.19. The average Bonchev–Trinajstić information content (AvgIpc) is 2.50. The van der Waals surface area contributed by atoms with Gasteiger partial charge in [0.1, 0.15) is 0 Å². The molecule has 0 aliphatic carbocycles. The summed E-state index contributed by atoms with van der Waals surface area (Å²) in [4.78, 5) is 11.6. The predicted octanol–water partition coefficient (Wildman–Crippen LogP) is 3.79. The zero-order valence-corrected chi connectivity index (χ0v) is 11.2. The molecule has 1 atom stereocenters. The van der Waals surface area contributed by atoms with Gasteiger partial charge in [-0.25, -0.2) is 0 Å². The Hall–Kier alpha value is -2.14. The largest absolute Gasteiger partial charge is 0.416 e. The SMILES string of the molecule is COC(C=O)(c1ccccc1)c1ccc(C(F)(F)F)cc1. The third kappa shape index (κ3) is 2.83. The molecule has 0 aliphatic rings. The highest BCUT2D eigenvalue weighted by molar-refractivity contribution is 5.72. The Labute approximate surface area is 120 Å². The number of halogens is 3. The number of hydrogen-bond acceptors (Lipinski definition) is 2. The van der Waals surface area contributed by atoms with Crippen molar-refractivity contribution in [3.05, 3.63) is 71.3 Å². The molecule has 21 heavy (non-hydrogen) atoms. The Kier molecular flexibility index (Phi) is 4.14. The topological polar surface area (TPSA) is 26.3 Å². The highest BCUT2D eigenvalue weighted by Crippen LogP contribution is 2.34. The Morgan fingerprint density at radius 2 is 1.33 bits per heavy atom. The Bertz CT molecular complexity index is 606. The number of methoxy groups -OCH3 is 1. The second-order valence-electron chi connectivity index (χ2n) is 4.50. The summed E-state index contributed by atoms with van der Waals surface area (Å²) in [5.41, 5.74) is -1.28. The molecule has 0 bridgehead atoms. The van der Waals surface area contributed by atoms with Crippen LogP contribution in [0.25, 0.3) is 0 Å². The van der Waals surface area contributed by atoms with Gasteiger partial charge in [0.2, 0.25) is 0 Å². The summed E-state index contributed by atoms with van der Waals surface area (Å²) < 4.78 is 43.1. The smallest absolute Gasteiger partial charge is 0.361 e. The van der Waals surface area contributed by atoms with Gasteiger partial charge < -0.3 is 4.74 Å². The summed E-state index contributed by atoms with van der Waals surface area (Å²) in [5, 5.41) is 0. The molecular formula is C16H13F3O2. The van der Waals surface area contributed by atoms with E-state index in [1.165, 1.54) is 19.2 Å². The summed E-state index contributed by atoms with van der Waals surface area (Å²) in [6.07, 6.45) is -3.83. The van der Waals surface area contributed by atoms with Crippen LogP contribution in [0.15, 0.2) is 54.6 Å². The number of hydrogen-bond donors (Lipinski definition) is 0. The van der Waals surface area contributed by atoms with Gasteiger partial charge in [-0.05, 0) is 23.3 Å². The van der Waals surface area contributed by atoms with Gasteiger partial charge >= 0.3 is 6.18 Å². The van der Waals surface area contributed by atoms with Gasteiger partial charge in [0.25, 0.3) is 0 Å². The Morgan fingerprint density at radius 1 is 0.857 bits per heavy atom. The van der Waals surface area contributed by atoms with E-state index in [4.69, 9.17) is 4.74 Å². The maximum absolute atomic E-state index is 12.6. The van der Waals surface area contributed by atoms with E-state index in [9.17, 15) is 18.0 Å². The highest BCUT2D eigenvalue weighted by Gasteiger charge is 2.36. The van der Waals surface area contributed by atoms with Crippen molar-refractivity contribution in [1.82, 2.24) is 0 Å². The minimum atomic E-state index is -4.41. The van der Waals surface area contributed by atoms with E-state index in [2.05, 4.69) is 0 Å². The molecule has 0 saturated heterocycles. The first-order chi connectivity index (χ1) is 9.94. The van der Waals surface area contributed by atoms with Gasteiger partial charge in [0.05, 0.1) is 5.56 Å². The fraction of sp³-hybridized carbons (Fsp3) is 0.188. The zero-order valence-electron chi connectivity index (χ0n) is 11.2. The van der Waals surface area contributed by atoms with Crippen molar-refractivity contribution in [2.75, 3.05) is 7.11 Å². The minimum Gasteiger partial charge on any atom is -0.361 e. The maximum atomic E-state index is 12.6. The molecule has 0 amide bonds. The van der Waals surface area contributed by atoms with Gasteiger partial charge in [0, 0.05) is 7.11 Å². The second-order valence-corrected chi connectivity index (χ2v) is 4.50. The predicted molar refractivity (Wildman–Crippen MR) is 71.7 cm³/mol. The molecule has 0 radical (unpaired) electrons.